The molecule has 0 amide bonds. The number of benzene rings is 1. The van der Waals surface area contributed by atoms with Crippen LogP contribution in [0.3, 0.4) is 0 Å². The maximum Gasteiger partial charge on any atom is 0.414 e. The van der Waals surface area contributed by atoms with Gasteiger partial charge in [0.25, 0.3) is 0 Å². The lowest BCUT2D eigenvalue weighted by molar-refractivity contribution is -0.227. The van der Waals surface area contributed by atoms with E-state index < -0.39 is 18.4 Å². The van der Waals surface area contributed by atoms with E-state index in [9.17, 15) is 4.79 Å². The Labute approximate surface area is 104 Å². The maximum atomic E-state index is 11.0. The molecular weight excluding hydrogens is 236 g/mol. The van der Waals surface area contributed by atoms with E-state index in [1.807, 2.05) is 30.3 Å². The summed E-state index contributed by atoms with van der Waals surface area (Å²) < 4.78 is 15.8. The van der Waals surface area contributed by atoms with E-state index in [1.54, 1.807) is 0 Å². The number of esters is 1. The zero-order valence-corrected chi connectivity index (χ0v) is 9.56. The minimum atomic E-state index is -0.729. The highest BCUT2D eigenvalue weighted by Gasteiger charge is 2.26. The van der Waals surface area contributed by atoms with E-state index in [-0.39, 0.29) is 13.2 Å². The van der Waals surface area contributed by atoms with Gasteiger partial charge in [0.15, 0.2) is 6.29 Å². The molecule has 1 aliphatic heterocycles. The number of ether oxygens (including phenoxy) is 3. The Balaban J connectivity index is 1.85. The van der Waals surface area contributed by atoms with Crippen LogP contribution in [0.25, 0.3) is 5.53 Å². The molecule has 1 aromatic rings. The van der Waals surface area contributed by atoms with Crippen molar-refractivity contribution in [2.45, 2.75) is 12.4 Å². The normalized spacial score (nSPS) is 22.9. The van der Waals surface area contributed by atoms with E-state index in [0.717, 1.165) is 5.56 Å². The Bertz CT molecular complexity index is 448. The molecule has 2 rings (SSSR count). The van der Waals surface area contributed by atoms with Gasteiger partial charge < -0.3 is 19.7 Å². The Morgan fingerprint density at radius 2 is 2.00 bits per heavy atom. The summed E-state index contributed by atoms with van der Waals surface area (Å²) >= 11 is 0. The number of hydrogen-bond acceptors (Lipinski definition) is 4. The SMILES string of the molecule is [N-]=[N+]=CC(=O)OC1COC(c2ccccc2)OC1. The average molecular weight is 248 g/mol. The summed E-state index contributed by atoms with van der Waals surface area (Å²) in [5.74, 6) is -0.729. The molecule has 0 N–H and O–H groups in total. The number of nitrogens with zero attached hydrogens (tertiary/aromatic N) is 2. The number of rotatable bonds is 3. The first-order chi connectivity index (χ1) is 8.79. The van der Waals surface area contributed by atoms with E-state index >= 15 is 0 Å². The van der Waals surface area contributed by atoms with Crippen molar-refractivity contribution in [2.75, 3.05) is 13.2 Å². The first-order valence-electron chi connectivity index (χ1n) is 5.46. The van der Waals surface area contributed by atoms with Crippen LogP contribution in [0.5, 0.6) is 0 Å². The van der Waals surface area contributed by atoms with Crippen molar-refractivity contribution in [3.63, 3.8) is 0 Å². The second-order valence-electron chi connectivity index (χ2n) is 3.71. The molecule has 1 aliphatic rings. The molecule has 0 bridgehead atoms. The molecule has 18 heavy (non-hydrogen) atoms. The van der Waals surface area contributed by atoms with Crippen LogP contribution >= 0.6 is 0 Å². The summed E-state index contributed by atoms with van der Waals surface area (Å²) in [5.41, 5.74) is 9.08. The first-order valence-corrected chi connectivity index (χ1v) is 5.46. The number of carbonyl (C=O) groups is 1. The van der Waals surface area contributed by atoms with Crippen molar-refractivity contribution in [3.8, 4) is 0 Å². The van der Waals surface area contributed by atoms with Crippen molar-refractivity contribution in [1.82, 2.24) is 0 Å². The molecule has 0 spiro atoms. The van der Waals surface area contributed by atoms with Crippen LogP contribution in [-0.4, -0.2) is 36.3 Å². The van der Waals surface area contributed by atoms with Crippen LogP contribution in [-0.2, 0) is 19.0 Å². The predicted molar refractivity (Wildman–Crippen MR) is 60.7 cm³/mol. The lowest BCUT2D eigenvalue weighted by Crippen LogP contribution is -2.35. The number of carbonyl (C=O) groups excluding carboxylic acids is 1. The van der Waals surface area contributed by atoms with Gasteiger partial charge >= 0.3 is 12.2 Å². The van der Waals surface area contributed by atoms with Crippen LogP contribution in [0.4, 0.5) is 0 Å². The smallest absolute Gasteiger partial charge is 0.414 e. The maximum absolute atomic E-state index is 11.0. The molecule has 0 saturated carbocycles. The summed E-state index contributed by atoms with van der Waals surface area (Å²) in [7, 11) is 0. The topological polar surface area (TPSA) is 81.2 Å². The molecule has 6 nitrogen and oxygen atoms in total. The summed E-state index contributed by atoms with van der Waals surface area (Å²) in [6.45, 7) is 0.481. The van der Waals surface area contributed by atoms with Crippen LogP contribution < -0.4 is 0 Å². The summed E-state index contributed by atoms with van der Waals surface area (Å²) in [6, 6.07) is 9.49. The van der Waals surface area contributed by atoms with Crippen molar-refractivity contribution >= 4 is 12.2 Å². The monoisotopic (exact) mass is 248 g/mol. The van der Waals surface area contributed by atoms with Crippen LogP contribution in [0, 0.1) is 0 Å². The Kier molecular flexibility index (Phi) is 4.20. The van der Waals surface area contributed by atoms with Gasteiger partial charge in [0.1, 0.15) is 6.10 Å². The Morgan fingerprint density at radius 3 is 2.61 bits per heavy atom. The molecule has 1 aromatic carbocycles. The Morgan fingerprint density at radius 1 is 1.33 bits per heavy atom. The van der Waals surface area contributed by atoms with Crippen LogP contribution in [0.1, 0.15) is 11.9 Å². The van der Waals surface area contributed by atoms with Gasteiger partial charge in [-0.1, -0.05) is 30.3 Å². The molecule has 0 atom stereocenters. The lowest BCUT2D eigenvalue weighted by atomic mass is 10.2. The molecule has 6 heteroatoms. The summed E-state index contributed by atoms with van der Waals surface area (Å²) in [5, 5.41) is 0. The van der Waals surface area contributed by atoms with Crippen molar-refractivity contribution in [1.29, 1.82) is 0 Å². The van der Waals surface area contributed by atoms with Crippen LogP contribution in [0.15, 0.2) is 30.3 Å². The zero-order valence-electron chi connectivity index (χ0n) is 9.56. The van der Waals surface area contributed by atoms with Crippen LogP contribution in [0.2, 0.25) is 0 Å². The van der Waals surface area contributed by atoms with E-state index in [1.165, 1.54) is 0 Å². The molecule has 0 radical (unpaired) electrons. The minimum Gasteiger partial charge on any atom is -0.449 e. The average Bonchev–Trinajstić information content (AvgIpc) is 2.41. The molecule has 1 heterocycles. The standard InChI is InChI=1S/C12H12N2O4/c13-14-6-11(15)18-10-7-16-12(17-8-10)9-4-2-1-3-5-9/h1-6,10,12H,7-8H2. The highest BCUT2D eigenvalue weighted by molar-refractivity contribution is 6.20. The predicted octanol–water partition coefficient (Wildman–Crippen LogP) is 0.944. The van der Waals surface area contributed by atoms with Gasteiger partial charge in [-0.05, 0) is 0 Å². The molecule has 0 aliphatic carbocycles. The minimum absolute atomic E-state index is 0.241. The highest BCUT2D eigenvalue weighted by atomic mass is 16.7. The third kappa shape index (κ3) is 3.24. The van der Waals surface area contributed by atoms with Crippen molar-refractivity contribution in [3.05, 3.63) is 41.4 Å². The fourth-order valence-electron chi connectivity index (χ4n) is 1.60. The molecule has 0 unspecified atom stereocenters. The quantitative estimate of drug-likeness (QED) is 0.345. The molecule has 1 fully saturated rings. The van der Waals surface area contributed by atoms with E-state index in [0.29, 0.717) is 6.21 Å². The fourth-order valence-corrected chi connectivity index (χ4v) is 1.60. The van der Waals surface area contributed by atoms with Crippen molar-refractivity contribution in [2.24, 2.45) is 0 Å². The summed E-state index contributed by atoms with van der Waals surface area (Å²) in [4.78, 5) is 13.6. The molecule has 1 saturated heterocycles. The summed E-state index contributed by atoms with van der Waals surface area (Å²) in [6.07, 6.45) is -0.244. The van der Waals surface area contributed by atoms with E-state index in [4.69, 9.17) is 19.7 Å². The molecule has 94 valence electrons. The Hall–Kier alpha value is -2.01. The van der Waals surface area contributed by atoms with Gasteiger partial charge in [-0.15, -0.1) is 0 Å². The molecular formula is C12H12N2O4. The number of hydrogen-bond donors (Lipinski definition) is 0. The second kappa shape index (κ2) is 6.07. The van der Waals surface area contributed by atoms with Gasteiger partial charge in [0, 0.05) is 5.56 Å². The van der Waals surface area contributed by atoms with Gasteiger partial charge in [0.2, 0.25) is 0 Å². The van der Waals surface area contributed by atoms with Crippen molar-refractivity contribution < 1.29 is 23.8 Å². The fraction of sp³-hybridized carbons (Fsp3) is 0.333. The first kappa shape index (κ1) is 12.4. The van der Waals surface area contributed by atoms with Gasteiger partial charge in [-0.2, -0.15) is 4.79 Å². The van der Waals surface area contributed by atoms with E-state index in [2.05, 4.69) is 4.79 Å². The highest BCUT2D eigenvalue weighted by Crippen LogP contribution is 2.23. The second-order valence-corrected chi connectivity index (χ2v) is 3.71. The van der Waals surface area contributed by atoms with Gasteiger partial charge in [0.05, 0.1) is 13.2 Å². The molecule has 0 aromatic heterocycles. The third-order valence-corrected chi connectivity index (χ3v) is 2.38. The largest absolute Gasteiger partial charge is 0.449 e. The zero-order chi connectivity index (χ0) is 12.8. The van der Waals surface area contributed by atoms with Gasteiger partial charge in [-0.3, -0.25) is 0 Å². The van der Waals surface area contributed by atoms with Gasteiger partial charge in [-0.25, -0.2) is 4.79 Å². The third-order valence-electron chi connectivity index (χ3n) is 2.38. The lowest BCUT2D eigenvalue weighted by Gasteiger charge is -2.28.